The number of aromatic nitrogens is 1. The van der Waals surface area contributed by atoms with Crippen LogP contribution in [-0.2, 0) is 11.2 Å². The Labute approximate surface area is 141 Å². The number of aromatic amines is 1. The highest BCUT2D eigenvalue weighted by molar-refractivity contribution is 9.10. The third-order valence-electron chi connectivity index (χ3n) is 3.55. The van der Waals surface area contributed by atoms with Crippen molar-refractivity contribution < 1.29 is 4.79 Å². The molecule has 0 saturated heterocycles. The van der Waals surface area contributed by atoms with Gasteiger partial charge in [0.1, 0.15) is 0 Å². The van der Waals surface area contributed by atoms with E-state index in [1.54, 1.807) is 0 Å². The molecule has 0 saturated carbocycles. The maximum absolute atomic E-state index is 12.3. The molecule has 0 spiro atoms. The molecule has 2 aromatic carbocycles. The first-order valence-electron chi connectivity index (χ1n) is 6.85. The second-order valence-electron chi connectivity index (χ2n) is 5.15. The summed E-state index contributed by atoms with van der Waals surface area (Å²) in [6, 6.07) is 13.2. The van der Waals surface area contributed by atoms with Crippen molar-refractivity contribution in [2.75, 3.05) is 5.32 Å². The average molecular weight is 378 g/mol. The van der Waals surface area contributed by atoms with Crippen molar-refractivity contribution >= 4 is 50.0 Å². The highest BCUT2D eigenvalue weighted by Crippen LogP contribution is 2.26. The Bertz CT molecular complexity index is 840. The largest absolute Gasteiger partial charge is 0.358 e. The van der Waals surface area contributed by atoms with Crippen LogP contribution in [0, 0.1) is 6.92 Å². The average Bonchev–Trinajstić information content (AvgIpc) is 2.77. The fourth-order valence-corrected chi connectivity index (χ4v) is 2.92. The number of H-pyrrole nitrogens is 1. The van der Waals surface area contributed by atoms with Gasteiger partial charge in [-0.3, -0.25) is 4.79 Å². The van der Waals surface area contributed by atoms with E-state index in [0.29, 0.717) is 11.4 Å². The molecule has 3 rings (SSSR count). The van der Waals surface area contributed by atoms with Crippen LogP contribution in [0.1, 0.15) is 11.3 Å². The lowest BCUT2D eigenvalue weighted by Gasteiger charge is -2.06. The number of anilines is 1. The van der Waals surface area contributed by atoms with Crippen LogP contribution < -0.4 is 5.32 Å². The fourth-order valence-electron chi connectivity index (χ4n) is 2.48. The van der Waals surface area contributed by atoms with Crippen LogP contribution in [-0.4, -0.2) is 10.9 Å². The number of carbonyl (C=O) groups is 1. The van der Waals surface area contributed by atoms with E-state index in [2.05, 4.69) is 26.2 Å². The second kappa shape index (κ2) is 6.15. The van der Waals surface area contributed by atoms with Gasteiger partial charge in [-0.1, -0.05) is 27.5 Å². The van der Waals surface area contributed by atoms with Gasteiger partial charge < -0.3 is 10.3 Å². The third-order valence-corrected chi connectivity index (χ3v) is 4.31. The topological polar surface area (TPSA) is 44.9 Å². The predicted molar refractivity (Wildman–Crippen MR) is 94.5 cm³/mol. The lowest BCUT2D eigenvalue weighted by Crippen LogP contribution is -2.14. The Morgan fingerprint density at radius 1 is 1.23 bits per heavy atom. The molecule has 1 amide bonds. The van der Waals surface area contributed by atoms with E-state index in [4.69, 9.17) is 11.6 Å². The quantitative estimate of drug-likeness (QED) is 0.657. The van der Waals surface area contributed by atoms with Gasteiger partial charge in [0.25, 0.3) is 0 Å². The molecule has 0 atom stereocenters. The van der Waals surface area contributed by atoms with E-state index >= 15 is 0 Å². The Kier molecular flexibility index (Phi) is 4.23. The Morgan fingerprint density at radius 2 is 1.95 bits per heavy atom. The molecule has 2 N–H and O–H groups in total. The van der Waals surface area contributed by atoms with Gasteiger partial charge in [-0.15, -0.1) is 0 Å². The first-order valence-corrected chi connectivity index (χ1v) is 8.02. The van der Waals surface area contributed by atoms with Crippen molar-refractivity contribution in [1.29, 1.82) is 0 Å². The van der Waals surface area contributed by atoms with Crippen LogP contribution in [0.3, 0.4) is 0 Å². The normalized spacial score (nSPS) is 10.9. The second-order valence-corrected chi connectivity index (χ2v) is 6.50. The molecule has 0 aliphatic rings. The van der Waals surface area contributed by atoms with Gasteiger partial charge in [-0.05, 0) is 55.0 Å². The Hall–Kier alpha value is -1.78. The number of nitrogens with one attached hydrogen (secondary N) is 2. The van der Waals surface area contributed by atoms with Crippen molar-refractivity contribution in [3.8, 4) is 0 Å². The molecular weight excluding hydrogens is 364 g/mol. The van der Waals surface area contributed by atoms with Gasteiger partial charge >= 0.3 is 0 Å². The first kappa shape index (κ1) is 15.1. The molecular formula is C17H14BrClN2O. The molecule has 1 heterocycles. The van der Waals surface area contributed by atoms with Crippen LogP contribution in [0.4, 0.5) is 5.69 Å². The number of fused-ring (bicyclic) bond motifs is 1. The molecule has 5 heteroatoms. The van der Waals surface area contributed by atoms with Gasteiger partial charge in [0.15, 0.2) is 0 Å². The van der Waals surface area contributed by atoms with Gasteiger partial charge in [0.05, 0.1) is 6.42 Å². The molecule has 112 valence electrons. The predicted octanol–water partition coefficient (Wildman–Crippen LogP) is 5.07. The number of halogens is 2. The zero-order valence-corrected chi connectivity index (χ0v) is 14.3. The summed E-state index contributed by atoms with van der Waals surface area (Å²) in [5.74, 6) is -0.0497. The highest BCUT2D eigenvalue weighted by Gasteiger charge is 2.13. The summed E-state index contributed by atoms with van der Waals surface area (Å²) in [6.07, 6.45) is 0.308. The monoisotopic (exact) mass is 376 g/mol. The van der Waals surface area contributed by atoms with E-state index in [1.165, 1.54) is 0 Å². The molecule has 3 aromatic rings. The van der Waals surface area contributed by atoms with E-state index < -0.39 is 0 Å². The minimum atomic E-state index is -0.0497. The maximum atomic E-state index is 12.3. The van der Waals surface area contributed by atoms with E-state index in [0.717, 1.165) is 32.3 Å². The summed E-state index contributed by atoms with van der Waals surface area (Å²) in [6.45, 7) is 1.97. The number of carbonyl (C=O) groups excluding carboxylic acids is 1. The van der Waals surface area contributed by atoms with Crippen LogP contribution in [0.5, 0.6) is 0 Å². The molecule has 0 bridgehead atoms. The van der Waals surface area contributed by atoms with Crippen LogP contribution in [0.25, 0.3) is 10.9 Å². The van der Waals surface area contributed by atoms with Crippen molar-refractivity contribution in [1.82, 2.24) is 4.98 Å². The van der Waals surface area contributed by atoms with Crippen molar-refractivity contribution in [3.63, 3.8) is 0 Å². The summed E-state index contributed by atoms with van der Waals surface area (Å²) < 4.78 is 0.979. The van der Waals surface area contributed by atoms with Gasteiger partial charge in [-0.2, -0.15) is 0 Å². The zero-order valence-electron chi connectivity index (χ0n) is 11.9. The highest BCUT2D eigenvalue weighted by atomic mass is 79.9. The minimum absolute atomic E-state index is 0.0497. The smallest absolute Gasteiger partial charge is 0.228 e. The number of benzene rings is 2. The van der Waals surface area contributed by atoms with Crippen LogP contribution >= 0.6 is 27.5 Å². The molecule has 0 unspecified atom stereocenters. The Morgan fingerprint density at radius 3 is 2.68 bits per heavy atom. The molecule has 0 aliphatic heterocycles. The molecule has 3 nitrogen and oxygen atoms in total. The standard InChI is InChI=1S/C17H14BrClN2O/c1-10-14(15-8-12(19)4-7-16(15)20-10)9-17(22)21-13-5-2-11(18)3-6-13/h2-8,20H,9H2,1H3,(H,21,22). The van der Waals surface area contributed by atoms with Crippen molar-refractivity contribution in [2.24, 2.45) is 0 Å². The SMILES string of the molecule is Cc1[nH]c2ccc(Cl)cc2c1CC(=O)Nc1ccc(Br)cc1. The van der Waals surface area contributed by atoms with E-state index in [1.807, 2.05) is 49.4 Å². The third kappa shape index (κ3) is 3.18. The van der Waals surface area contributed by atoms with E-state index in [9.17, 15) is 4.79 Å². The van der Waals surface area contributed by atoms with Crippen molar-refractivity contribution in [3.05, 3.63) is 63.2 Å². The lowest BCUT2D eigenvalue weighted by molar-refractivity contribution is -0.115. The molecule has 0 aliphatic carbocycles. The number of rotatable bonds is 3. The van der Waals surface area contributed by atoms with Gasteiger partial charge in [0, 0.05) is 31.8 Å². The molecule has 22 heavy (non-hydrogen) atoms. The minimum Gasteiger partial charge on any atom is -0.358 e. The van der Waals surface area contributed by atoms with Crippen molar-refractivity contribution in [2.45, 2.75) is 13.3 Å². The fraction of sp³-hybridized carbons (Fsp3) is 0.118. The summed E-state index contributed by atoms with van der Waals surface area (Å²) >= 11 is 9.44. The summed E-state index contributed by atoms with van der Waals surface area (Å²) in [5, 5.41) is 4.57. The maximum Gasteiger partial charge on any atom is 0.228 e. The number of amides is 1. The van der Waals surface area contributed by atoms with Gasteiger partial charge in [-0.25, -0.2) is 0 Å². The Balaban J connectivity index is 1.83. The molecule has 0 fully saturated rings. The molecule has 0 radical (unpaired) electrons. The van der Waals surface area contributed by atoms with Crippen LogP contribution in [0.15, 0.2) is 46.9 Å². The molecule has 1 aromatic heterocycles. The lowest BCUT2D eigenvalue weighted by atomic mass is 10.1. The number of hydrogen-bond donors (Lipinski definition) is 2. The number of hydrogen-bond acceptors (Lipinski definition) is 1. The first-order chi connectivity index (χ1) is 10.5. The van der Waals surface area contributed by atoms with Crippen LogP contribution in [0.2, 0.25) is 5.02 Å². The summed E-state index contributed by atoms with van der Waals surface area (Å²) in [7, 11) is 0. The number of aryl methyl sites for hydroxylation is 1. The summed E-state index contributed by atoms with van der Waals surface area (Å²) in [5.41, 5.74) is 3.74. The van der Waals surface area contributed by atoms with Gasteiger partial charge in [0.2, 0.25) is 5.91 Å². The zero-order chi connectivity index (χ0) is 15.7. The summed E-state index contributed by atoms with van der Waals surface area (Å²) in [4.78, 5) is 15.6. The van der Waals surface area contributed by atoms with E-state index in [-0.39, 0.29) is 5.91 Å².